The Kier molecular flexibility index (Phi) is 5.45. The predicted molar refractivity (Wildman–Crippen MR) is 78.8 cm³/mol. The van der Waals surface area contributed by atoms with E-state index in [1.165, 1.54) is 0 Å². The molecular weight excluding hydrogens is 252 g/mol. The van der Waals surface area contributed by atoms with Crippen molar-refractivity contribution in [2.45, 2.75) is 39.0 Å². The van der Waals surface area contributed by atoms with Crippen molar-refractivity contribution in [2.75, 3.05) is 6.61 Å². The van der Waals surface area contributed by atoms with Crippen LogP contribution in [-0.2, 0) is 4.79 Å². The fourth-order valence-electron chi connectivity index (χ4n) is 3.20. The van der Waals surface area contributed by atoms with Crippen LogP contribution in [-0.4, -0.2) is 17.7 Å². The first kappa shape index (κ1) is 14.9. The van der Waals surface area contributed by atoms with Gasteiger partial charge >= 0.3 is 5.97 Å². The van der Waals surface area contributed by atoms with Crippen LogP contribution in [0.1, 0.15) is 39.0 Å². The van der Waals surface area contributed by atoms with Gasteiger partial charge in [-0.25, -0.2) is 0 Å². The van der Waals surface area contributed by atoms with Crippen LogP contribution in [0.5, 0.6) is 5.75 Å². The lowest BCUT2D eigenvalue weighted by atomic mass is 9.73. The third-order valence-corrected chi connectivity index (χ3v) is 4.29. The minimum atomic E-state index is -0.620. The molecule has 0 radical (unpaired) electrons. The topological polar surface area (TPSA) is 46.5 Å². The highest BCUT2D eigenvalue weighted by Gasteiger charge is 2.32. The number of hydrogen-bond donors (Lipinski definition) is 1. The van der Waals surface area contributed by atoms with Crippen LogP contribution in [0.4, 0.5) is 0 Å². The number of aliphatic carboxylic acids is 1. The molecule has 0 spiro atoms. The molecule has 3 atom stereocenters. The standard InChI is InChI=1S/C17H24O3/c1-13-9-10-16(17(18)19)14(12-13)6-5-11-20-15-7-3-2-4-8-15/h2-4,7-8,13-14,16H,5-6,9-12H2,1H3,(H,18,19). The van der Waals surface area contributed by atoms with Gasteiger partial charge < -0.3 is 9.84 Å². The summed E-state index contributed by atoms with van der Waals surface area (Å²) in [5.41, 5.74) is 0. The maximum absolute atomic E-state index is 11.3. The number of rotatable bonds is 6. The molecule has 20 heavy (non-hydrogen) atoms. The van der Waals surface area contributed by atoms with Crippen molar-refractivity contribution in [1.29, 1.82) is 0 Å². The Morgan fingerprint density at radius 1 is 1.30 bits per heavy atom. The molecule has 110 valence electrons. The zero-order valence-corrected chi connectivity index (χ0v) is 12.1. The molecular formula is C17H24O3. The summed E-state index contributed by atoms with van der Waals surface area (Å²) in [4.78, 5) is 11.3. The molecule has 0 amide bonds. The van der Waals surface area contributed by atoms with Gasteiger partial charge in [0.25, 0.3) is 0 Å². The van der Waals surface area contributed by atoms with Crippen LogP contribution >= 0.6 is 0 Å². The van der Waals surface area contributed by atoms with Crippen LogP contribution in [0.2, 0.25) is 0 Å². The molecule has 2 rings (SSSR count). The number of hydrogen-bond acceptors (Lipinski definition) is 2. The van der Waals surface area contributed by atoms with E-state index in [2.05, 4.69) is 6.92 Å². The SMILES string of the molecule is CC1CCC(C(=O)O)C(CCCOc2ccccc2)C1. The van der Waals surface area contributed by atoms with Gasteiger partial charge in [-0.2, -0.15) is 0 Å². The smallest absolute Gasteiger partial charge is 0.306 e. The van der Waals surface area contributed by atoms with Crippen LogP contribution in [0.25, 0.3) is 0 Å². The first-order valence-electron chi connectivity index (χ1n) is 7.57. The van der Waals surface area contributed by atoms with E-state index in [1.807, 2.05) is 30.3 Å². The van der Waals surface area contributed by atoms with Crippen LogP contribution in [0, 0.1) is 17.8 Å². The highest BCUT2D eigenvalue weighted by Crippen LogP contribution is 2.36. The maximum Gasteiger partial charge on any atom is 0.306 e. The molecule has 0 bridgehead atoms. The maximum atomic E-state index is 11.3. The summed E-state index contributed by atoms with van der Waals surface area (Å²) in [6.07, 6.45) is 4.81. The Morgan fingerprint density at radius 2 is 2.05 bits per heavy atom. The highest BCUT2D eigenvalue weighted by molar-refractivity contribution is 5.70. The first-order valence-corrected chi connectivity index (χ1v) is 7.57. The number of ether oxygens (including phenoxy) is 1. The van der Waals surface area contributed by atoms with E-state index in [9.17, 15) is 9.90 Å². The Balaban J connectivity index is 1.75. The molecule has 1 saturated carbocycles. The molecule has 3 unspecified atom stereocenters. The number of carboxylic acid groups (broad SMARTS) is 1. The molecule has 1 aromatic rings. The summed E-state index contributed by atoms with van der Waals surface area (Å²) in [6.45, 7) is 2.90. The van der Waals surface area contributed by atoms with E-state index in [4.69, 9.17) is 4.74 Å². The van der Waals surface area contributed by atoms with E-state index in [1.54, 1.807) is 0 Å². The number of para-hydroxylation sites is 1. The lowest BCUT2D eigenvalue weighted by Gasteiger charge is -2.32. The van der Waals surface area contributed by atoms with Gasteiger partial charge in [0.05, 0.1) is 12.5 Å². The van der Waals surface area contributed by atoms with Crippen molar-refractivity contribution in [3.8, 4) is 5.75 Å². The van der Waals surface area contributed by atoms with Gasteiger partial charge in [-0.05, 0) is 56.1 Å². The lowest BCUT2D eigenvalue weighted by molar-refractivity contribution is -0.145. The normalized spacial score (nSPS) is 26.1. The summed E-state index contributed by atoms with van der Waals surface area (Å²) < 4.78 is 5.67. The van der Waals surface area contributed by atoms with E-state index in [0.717, 1.165) is 37.9 Å². The monoisotopic (exact) mass is 276 g/mol. The van der Waals surface area contributed by atoms with E-state index in [-0.39, 0.29) is 5.92 Å². The van der Waals surface area contributed by atoms with Crippen molar-refractivity contribution >= 4 is 5.97 Å². The summed E-state index contributed by atoms with van der Waals surface area (Å²) in [5.74, 6) is 1.09. The van der Waals surface area contributed by atoms with Crippen molar-refractivity contribution in [3.05, 3.63) is 30.3 Å². The Bertz CT molecular complexity index is 416. The van der Waals surface area contributed by atoms with Crippen molar-refractivity contribution in [3.63, 3.8) is 0 Å². The number of carboxylic acids is 1. The fourth-order valence-corrected chi connectivity index (χ4v) is 3.20. The third kappa shape index (κ3) is 4.26. The molecule has 0 aromatic heterocycles. The van der Waals surface area contributed by atoms with Gasteiger partial charge in [-0.1, -0.05) is 25.1 Å². The van der Waals surface area contributed by atoms with Gasteiger partial charge in [-0.15, -0.1) is 0 Å². The molecule has 1 fully saturated rings. The minimum Gasteiger partial charge on any atom is -0.494 e. The minimum absolute atomic E-state index is 0.150. The lowest BCUT2D eigenvalue weighted by Crippen LogP contribution is -2.30. The summed E-state index contributed by atoms with van der Waals surface area (Å²) in [6, 6.07) is 9.77. The number of carbonyl (C=O) groups is 1. The van der Waals surface area contributed by atoms with Gasteiger partial charge in [0.1, 0.15) is 5.75 Å². The van der Waals surface area contributed by atoms with Gasteiger partial charge in [0, 0.05) is 0 Å². The largest absolute Gasteiger partial charge is 0.494 e. The molecule has 3 heteroatoms. The average molecular weight is 276 g/mol. The van der Waals surface area contributed by atoms with Crippen molar-refractivity contribution in [1.82, 2.24) is 0 Å². The van der Waals surface area contributed by atoms with E-state index in [0.29, 0.717) is 18.4 Å². The van der Waals surface area contributed by atoms with E-state index < -0.39 is 5.97 Å². The fraction of sp³-hybridized carbons (Fsp3) is 0.588. The Labute approximate surface area is 121 Å². The molecule has 1 N–H and O–H groups in total. The van der Waals surface area contributed by atoms with Crippen LogP contribution in [0.15, 0.2) is 30.3 Å². The van der Waals surface area contributed by atoms with Crippen molar-refractivity contribution in [2.24, 2.45) is 17.8 Å². The number of benzene rings is 1. The summed E-state index contributed by atoms with van der Waals surface area (Å²) >= 11 is 0. The first-order chi connectivity index (χ1) is 9.66. The summed E-state index contributed by atoms with van der Waals surface area (Å²) in [7, 11) is 0. The second-order valence-corrected chi connectivity index (χ2v) is 5.93. The van der Waals surface area contributed by atoms with Crippen LogP contribution < -0.4 is 4.74 Å². The van der Waals surface area contributed by atoms with E-state index >= 15 is 0 Å². The second kappa shape index (κ2) is 7.32. The molecule has 0 aliphatic heterocycles. The van der Waals surface area contributed by atoms with Gasteiger partial charge in [0.2, 0.25) is 0 Å². The van der Waals surface area contributed by atoms with Gasteiger partial charge in [-0.3, -0.25) is 4.79 Å². The van der Waals surface area contributed by atoms with Crippen LogP contribution in [0.3, 0.4) is 0 Å². The third-order valence-electron chi connectivity index (χ3n) is 4.29. The molecule has 1 aliphatic carbocycles. The molecule has 1 aromatic carbocycles. The summed E-state index contributed by atoms with van der Waals surface area (Å²) in [5, 5.41) is 9.30. The van der Waals surface area contributed by atoms with Gasteiger partial charge in [0.15, 0.2) is 0 Å². The quantitative estimate of drug-likeness (QED) is 0.799. The Hall–Kier alpha value is -1.51. The Morgan fingerprint density at radius 3 is 2.75 bits per heavy atom. The highest BCUT2D eigenvalue weighted by atomic mass is 16.5. The zero-order chi connectivity index (χ0) is 14.4. The predicted octanol–water partition coefficient (Wildman–Crippen LogP) is 3.98. The molecule has 0 heterocycles. The zero-order valence-electron chi connectivity index (χ0n) is 12.1. The van der Waals surface area contributed by atoms with Crippen molar-refractivity contribution < 1.29 is 14.6 Å². The molecule has 1 aliphatic rings. The average Bonchev–Trinajstić information content (AvgIpc) is 2.44. The second-order valence-electron chi connectivity index (χ2n) is 5.93. The molecule has 0 saturated heterocycles. The molecule has 3 nitrogen and oxygen atoms in total.